The Morgan fingerprint density at radius 2 is 2.06 bits per heavy atom. The number of aliphatic imine (C=N–C) groups is 1. The van der Waals surface area contributed by atoms with E-state index in [0.29, 0.717) is 24.0 Å². The molecule has 2 unspecified atom stereocenters. The lowest BCUT2D eigenvalue weighted by Crippen LogP contribution is -2.56. The summed E-state index contributed by atoms with van der Waals surface area (Å²) in [7, 11) is 1.75. The molecule has 2 saturated heterocycles. The van der Waals surface area contributed by atoms with Crippen LogP contribution in [0, 0.1) is 6.92 Å². The van der Waals surface area contributed by atoms with Gasteiger partial charge in [-0.2, -0.15) is 4.99 Å². The first-order chi connectivity index (χ1) is 15.4. The molecule has 172 valence electrons. The Morgan fingerprint density at radius 3 is 2.78 bits per heavy atom. The molecule has 1 aromatic carbocycles. The van der Waals surface area contributed by atoms with Crippen LogP contribution in [0.25, 0.3) is 10.9 Å². The first-order valence-corrected chi connectivity index (χ1v) is 11.3. The monoisotopic (exact) mass is 439 g/mol. The zero-order valence-corrected chi connectivity index (χ0v) is 19.1. The molecule has 2 aliphatic rings. The highest BCUT2D eigenvalue weighted by Crippen LogP contribution is 2.29. The van der Waals surface area contributed by atoms with Crippen LogP contribution < -0.4 is 16.0 Å². The molecular formula is C24H33N5O3. The Labute approximate surface area is 189 Å². The van der Waals surface area contributed by atoms with Gasteiger partial charge in [-0.05, 0) is 51.3 Å². The Kier molecular flexibility index (Phi) is 7.03. The number of ether oxygens (including phenoxy) is 2. The molecule has 1 aromatic heterocycles. The minimum Gasteiger partial charge on any atom is -0.387 e. The maximum atomic E-state index is 12.9. The van der Waals surface area contributed by atoms with Gasteiger partial charge in [0.2, 0.25) is 0 Å². The molecular weight excluding hydrogens is 406 g/mol. The van der Waals surface area contributed by atoms with Crippen molar-refractivity contribution in [1.29, 1.82) is 0 Å². The fraction of sp³-hybridized carbons (Fsp3) is 0.542. The summed E-state index contributed by atoms with van der Waals surface area (Å²) in [5.74, 6) is 0.509. The minimum absolute atomic E-state index is 0.00944. The number of piperidine rings is 1. The third-order valence-corrected chi connectivity index (χ3v) is 6.29. The summed E-state index contributed by atoms with van der Waals surface area (Å²) in [5.41, 5.74) is 8.14. The van der Waals surface area contributed by atoms with E-state index < -0.39 is 0 Å². The van der Waals surface area contributed by atoms with Crippen LogP contribution in [-0.4, -0.2) is 68.3 Å². The van der Waals surface area contributed by atoms with Gasteiger partial charge >= 0.3 is 0 Å². The first kappa shape index (κ1) is 22.6. The van der Waals surface area contributed by atoms with Crippen LogP contribution in [0.15, 0.2) is 29.3 Å². The number of pyridine rings is 1. The van der Waals surface area contributed by atoms with Crippen molar-refractivity contribution in [3.8, 4) is 0 Å². The second-order valence-corrected chi connectivity index (χ2v) is 8.78. The number of carbonyl (C=O) groups excluding carboxylic acids is 1. The highest BCUT2D eigenvalue weighted by molar-refractivity contribution is 6.07. The molecule has 2 aliphatic heterocycles. The number of methoxy groups -OCH3 is 1. The highest BCUT2D eigenvalue weighted by Gasteiger charge is 2.33. The predicted molar refractivity (Wildman–Crippen MR) is 126 cm³/mol. The molecule has 2 aromatic rings. The zero-order chi connectivity index (χ0) is 22.7. The van der Waals surface area contributed by atoms with Gasteiger partial charge in [-0.15, -0.1) is 0 Å². The van der Waals surface area contributed by atoms with E-state index in [1.807, 2.05) is 31.2 Å². The maximum absolute atomic E-state index is 12.9. The number of hydrogen-bond donors (Lipinski definition) is 2. The third-order valence-electron chi connectivity index (χ3n) is 6.29. The molecule has 8 nitrogen and oxygen atoms in total. The van der Waals surface area contributed by atoms with Crippen LogP contribution in [-0.2, 0) is 9.47 Å². The number of amides is 1. The Morgan fingerprint density at radius 1 is 1.28 bits per heavy atom. The van der Waals surface area contributed by atoms with Crippen LogP contribution in [0.3, 0.4) is 0 Å². The number of carbonyl (C=O) groups is 1. The topological polar surface area (TPSA) is 102 Å². The summed E-state index contributed by atoms with van der Waals surface area (Å²) < 4.78 is 11.4. The van der Waals surface area contributed by atoms with Crippen molar-refractivity contribution < 1.29 is 14.3 Å². The van der Waals surface area contributed by atoms with E-state index in [1.165, 1.54) is 0 Å². The number of amidine groups is 1. The van der Waals surface area contributed by atoms with E-state index in [1.54, 1.807) is 14.0 Å². The lowest BCUT2D eigenvalue weighted by molar-refractivity contribution is 0.0359. The quantitative estimate of drug-likeness (QED) is 0.545. The van der Waals surface area contributed by atoms with Crippen molar-refractivity contribution in [3.63, 3.8) is 0 Å². The number of fused-ring (bicyclic) bond motifs is 1. The number of hydrogen-bond acceptors (Lipinski definition) is 6. The van der Waals surface area contributed by atoms with E-state index in [0.717, 1.165) is 55.5 Å². The first-order valence-electron chi connectivity index (χ1n) is 11.3. The second kappa shape index (κ2) is 9.94. The van der Waals surface area contributed by atoms with E-state index in [2.05, 4.69) is 15.2 Å². The number of anilines is 1. The van der Waals surface area contributed by atoms with E-state index >= 15 is 0 Å². The van der Waals surface area contributed by atoms with Crippen molar-refractivity contribution >= 4 is 28.5 Å². The van der Waals surface area contributed by atoms with Gasteiger partial charge in [0, 0.05) is 50.9 Å². The average molecular weight is 440 g/mol. The molecule has 2 atom stereocenters. The van der Waals surface area contributed by atoms with Gasteiger partial charge in [0.25, 0.3) is 5.91 Å². The Balaban J connectivity index is 1.62. The van der Waals surface area contributed by atoms with Gasteiger partial charge in [0.15, 0.2) is 0 Å². The lowest BCUT2D eigenvalue weighted by Gasteiger charge is -2.41. The van der Waals surface area contributed by atoms with Gasteiger partial charge in [-0.3, -0.25) is 4.79 Å². The fourth-order valence-corrected chi connectivity index (χ4v) is 4.61. The van der Waals surface area contributed by atoms with Gasteiger partial charge in [-0.1, -0.05) is 11.6 Å². The maximum Gasteiger partial charge on any atom is 0.282 e. The van der Waals surface area contributed by atoms with E-state index in [-0.39, 0.29) is 23.9 Å². The number of aryl methyl sites for hydroxylation is 1. The molecule has 0 radical (unpaired) electrons. The van der Waals surface area contributed by atoms with Gasteiger partial charge in [-0.25, -0.2) is 4.98 Å². The summed E-state index contributed by atoms with van der Waals surface area (Å²) in [6.45, 7) is 6.67. The molecule has 0 aliphatic carbocycles. The standard InChI is InChI=1S/C24H33N5O3/c1-15-4-5-20-17(12-15)13-19(24(30)26-16(2)25)23(28-20)29-9-6-21(22(14-29)31-3)27-18-7-10-32-11-8-18/h4-5,12-13,18,21-22,27H,6-11,14H2,1-3H3,(H2,25,26,30). The van der Waals surface area contributed by atoms with Crippen molar-refractivity contribution in [3.05, 3.63) is 35.4 Å². The number of nitrogens with zero attached hydrogens (tertiary/aromatic N) is 3. The van der Waals surface area contributed by atoms with Crippen LogP contribution in [0.5, 0.6) is 0 Å². The molecule has 1 amide bonds. The fourth-order valence-electron chi connectivity index (χ4n) is 4.61. The summed E-state index contributed by atoms with van der Waals surface area (Å²) in [4.78, 5) is 24.0. The van der Waals surface area contributed by atoms with E-state index in [4.69, 9.17) is 20.2 Å². The summed E-state index contributed by atoms with van der Waals surface area (Å²) >= 11 is 0. The molecule has 8 heteroatoms. The molecule has 0 saturated carbocycles. The number of rotatable bonds is 5. The minimum atomic E-state index is -0.368. The van der Waals surface area contributed by atoms with Gasteiger partial charge in [0.1, 0.15) is 11.7 Å². The number of nitrogens with one attached hydrogen (secondary N) is 1. The highest BCUT2D eigenvalue weighted by atomic mass is 16.5. The number of aromatic nitrogens is 1. The summed E-state index contributed by atoms with van der Waals surface area (Å²) in [5, 5.41) is 4.69. The van der Waals surface area contributed by atoms with Crippen LogP contribution in [0.1, 0.15) is 42.1 Å². The molecule has 2 fully saturated rings. The SMILES string of the molecule is COC1CN(c2nc3ccc(C)cc3cc2C(=O)N=C(C)N)CCC1NC1CCOCC1. The van der Waals surface area contributed by atoms with Gasteiger partial charge < -0.3 is 25.4 Å². The summed E-state index contributed by atoms with van der Waals surface area (Å²) in [6.07, 6.45) is 2.94. The third kappa shape index (κ3) is 5.09. The molecule has 32 heavy (non-hydrogen) atoms. The van der Waals surface area contributed by atoms with Crippen LogP contribution >= 0.6 is 0 Å². The normalized spacial score (nSPS) is 23.0. The van der Waals surface area contributed by atoms with Crippen molar-refractivity contribution in [2.24, 2.45) is 10.7 Å². The number of benzene rings is 1. The Bertz CT molecular complexity index is 999. The van der Waals surface area contributed by atoms with Crippen LogP contribution in [0.2, 0.25) is 0 Å². The summed E-state index contributed by atoms with van der Waals surface area (Å²) in [6, 6.07) is 8.65. The van der Waals surface area contributed by atoms with E-state index in [9.17, 15) is 4.79 Å². The molecule has 3 heterocycles. The lowest BCUT2D eigenvalue weighted by atomic mass is 9.98. The van der Waals surface area contributed by atoms with Crippen molar-refractivity contribution in [1.82, 2.24) is 10.3 Å². The molecule has 3 N–H and O–H groups in total. The average Bonchev–Trinajstić information content (AvgIpc) is 2.78. The second-order valence-electron chi connectivity index (χ2n) is 8.78. The van der Waals surface area contributed by atoms with Crippen LogP contribution in [0.4, 0.5) is 5.82 Å². The molecule has 0 spiro atoms. The Hall–Kier alpha value is -2.55. The largest absolute Gasteiger partial charge is 0.387 e. The number of nitrogens with two attached hydrogens (primary N) is 1. The van der Waals surface area contributed by atoms with Crippen molar-refractivity contribution in [2.45, 2.75) is 51.3 Å². The smallest absolute Gasteiger partial charge is 0.282 e. The zero-order valence-electron chi connectivity index (χ0n) is 19.1. The molecule has 4 rings (SSSR count). The van der Waals surface area contributed by atoms with Gasteiger partial charge in [0.05, 0.1) is 17.2 Å². The van der Waals surface area contributed by atoms with Crippen molar-refractivity contribution in [2.75, 3.05) is 38.3 Å². The predicted octanol–water partition coefficient (Wildman–Crippen LogP) is 2.42. The molecule has 0 bridgehead atoms.